The predicted molar refractivity (Wildman–Crippen MR) is 44.1 cm³/mol. The van der Waals surface area contributed by atoms with Gasteiger partial charge < -0.3 is 9.79 Å². The molecule has 1 saturated heterocycles. The monoisotopic (exact) mass is 191 g/mol. The van der Waals surface area contributed by atoms with E-state index in [-0.39, 0.29) is 4.25 Å². The zero-order valence-electron chi connectivity index (χ0n) is 6.98. The minimum Gasteiger partial charge on any atom is -0.730 e. The first-order valence-corrected chi connectivity index (χ1v) is 5.56. The van der Waals surface area contributed by atoms with Crippen LogP contribution in [0.5, 0.6) is 0 Å². The summed E-state index contributed by atoms with van der Waals surface area (Å²) in [7, 11) is -4.24. The van der Waals surface area contributed by atoms with Gasteiger partial charge in [0.05, 0.1) is 13.1 Å². The second-order valence-electron chi connectivity index (χ2n) is 3.21. The summed E-state index contributed by atoms with van der Waals surface area (Å²) >= 11 is 0. The first kappa shape index (κ1) is 9.93. The first-order valence-electron chi connectivity index (χ1n) is 4.03. The van der Waals surface area contributed by atoms with Gasteiger partial charge in [0.2, 0.25) is 0 Å². The molecule has 12 heavy (non-hydrogen) atoms. The molecular formula is C7H14NO3P. The predicted octanol–water partition coefficient (Wildman–Crippen LogP) is 0.244. The Balaban J connectivity index is 2.86. The molecule has 0 bridgehead atoms. The van der Waals surface area contributed by atoms with Gasteiger partial charge in [-0.15, -0.1) is 0 Å². The van der Waals surface area contributed by atoms with Gasteiger partial charge >= 0.3 is 7.75 Å². The molecule has 0 aromatic carbocycles. The summed E-state index contributed by atoms with van der Waals surface area (Å²) in [6, 6.07) is 0. The smallest absolute Gasteiger partial charge is 0.326 e. The van der Waals surface area contributed by atoms with Gasteiger partial charge in [-0.05, 0) is 6.08 Å². The molecule has 0 aromatic heterocycles. The molecule has 1 aliphatic heterocycles. The number of nitrogens with zero attached hydrogens (tertiary/aromatic N) is 1. The molecule has 0 spiro atoms. The van der Waals surface area contributed by atoms with Gasteiger partial charge in [-0.2, -0.15) is 0 Å². The number of hydrogen-bond acceptors (Lipinski definition) is 2. The third-order valence-electron chi connectivity index (χ3n) is 2.40. The fourth-order valence-corrected chi connectivity index (χ4v) is 2.81. The number of hydrogen-bond donors (Lipinski definition) is 1. The molecule has 70 valence electrons. The fourth-order valence-electron chi connectivity index (χ4n) is 1.70. The Morgan fingerprint density at radius 1 is 1.58 bits per heavy atom. The Morgan fingerprint density at radius 2 is 2.08 bits per heavy atom. The second-order valence-corrected chi connectivity index (χ2v) is 5.04. The van der Waals surface area contributed by atoms with Crippen molar-refractivity contribution < 1.29 is 18.6 Å². The van der Waals surface area contributed by atoms with E-state index in [0.717, 1.165) is 12.8 Å². The van der Waals surface area contributed by atoms with Crippen LogP contribution in [-0.4, -0.2) is 28.8 Å². The van der Waals surface area contributed by atoms with Gasteiger partial charge in [-0.3, -0.25) is 4.25 Å². The van der Waals surface area contributed by atoms with Gasteiger partial charge in [-0.25, -0.2) is 4.57 Å². The van der Waals surface area contributed by atoms with Crippen LogP contribution in [0.25, 0.3) is 0 Å². The molecule has 1 atom stereocenters. The Bertz CT molecular complexity index is 217. The van der Waals surface area contributed by atoms with E-state index in [1.807, 2.05) is 0 Å². The van der Waals surface area contributed by atoms with Crippen molar-refractivity contribution in [3.05, 3.63) is 12.7 Å². The van der Waals surface area contributed by atoms with Crippen molar-refractivity contribution >= 4 is 7.75 Å². The SMILES string of the molecule is C=CC[N+]1(P(=O)([O-])O)CCCC1. The van der Waals surface area contributed by atoms with Crippen LogP contribution in [0.4, 0.5) is 0 Å². The van der Waals surface area contributed by atoms with Gasteiger partial charge in [0.15, 0.2) is 0 Å². The first-order chi connectivity index (χ1) is 5.52. The molecule has 0 saturated carbocycles. The summed E-state index contributed by atoms with van der Waals surface area (Å²) in [6.45, 7) is 4.85. The zero-order valence-corrected chi connectivity index (χ0v) is 7.87. The van der Waals surface area contributed by atoms with Crippen molar-refractivity contribution in [2.24, 2.45) is 0 Å². The summed E-state index contributed by atoms with van der Waals surface area (Å²) in [5.74, 6) is 0. The van der Waals surface area contributed by atoms with Crippen LogP contribution in [0.2, 0.25) is 0 Å². The Labute approximate surface area is 72.3 Å². The molecule has 1 heterocycles. The second kappa shape index (κ2) is 3.30. The van der Waals surface area contributed by atoms with Gasteiger partial charge in [0, 0.05) is 12.8 Å². The Hall–Kier alpha value is -0.150. The number of quaternary nitrogens is 1. The molecule has 4 nitrogen and oxygen atoms in total. The molecule has 1 fully saturated rings. The maximum Gasteiger partial charge on any atom is 0.326 e. The molecule has 5 heteroatoms. The normalized spacial score (nSPS) is 26.5. The van der Waals surface area contributed by atoms with Crippen LogP contribution in [0.1, 0.15) is 12.8 Å². The maximum atomic E-state index is 11.1. The Kier molecular flexibility index (Phi) is 2.74. The van der Waals surface area contributed by atoms with Gasteiger partial charge in [0.1, 0.15) is 6.54 Å². The molecule has 1 N–H and O–H groups in total. The Morgan fingerprint density at radius 3 is 2.42 bits per heavy atom. The largest absolute Gasteiger partial charge is 0.730 e. The lowest BCUT2D eigenvalue weighted by Crippen LogP contribution is -2.45. The molecule has 0 amide bonds. The zero-order chi connectivity index (χ0) is 9.24. The van der Waals surface area contributed by atoms with E-state index in [0.29, 0.717) is 19.6 Å². The van der Waals surface area contributed by atoms with Crippen LogP contribution < -0.4 is 4.89 Å². The van der Waals surface area contributed by atoms with Crippen molar-refractivity contribution in [3.8, 4) is 0 Å². The minimum absolute atomic E-state index is 0.198. The standard InChI is InChI=1S/C7H14NO3P/c1-2-5-8(12(9,10)11)6-3-4-7-8/h2H,1,3-7H2,(H-,9,10,11). The van der Waals surface area contributed by atoms with Crippen LogP contribution >= 0.6 is 7.75 Å². The molecule has 1 unspecified atom stereocenters. The van der Waals surface area contributed by atoms with E-state index in [2.05, 4.69) is 6.58 Å². The van der Waals surface area contributed by atoms with Crippen molar-refractivity contribution in [3.63, 3.8) is 0 Å². The highest BCUT2D eigenvalue weighted by atomic mass is 31.2. The van der Waals surface area contributed by atoms with Crippen molar-refractivity contribution in [1.82, 2.24) is 0 Å². The lowest BCUT2D eigenvalue weighted by atomic mass is 10.4. The van der Waals surface area contributed by atoms with Crippen molar-refractivity contribution in [2.45, 2.75) is 12.8 Å². The van der Waals surface area contributed by atoms with Gasteiger partial charge in [-0.1, -0.05) is 6.58 Å². The average Bonchev–Trinajstić information content (AvgIpc) is 2.36. The summed E-state index contributed by atoms with van der Waals surface area (Å²) in [6.07, 6.45) is 3.27. The molecule has 0 aromatic rings. The lowest BCUT2D eigenvalue weighted by Gasteiger charge is -2.39. The van der Waals surface area contributed by atoms with Crippen LogP contribution in [-0.2, 0) is 4.57 Å². The minimum atomic E-state index is -4.24. The van der Waals surface area contributed by atoms with E-state index < -0.39 is 7.75 Å². The summed E-state index contributed by atoms with van der Waals surface area (Å²) < 4.78 is 10.9. The highest BCUT2D eigenvalue weighted by Gasteiger charge is 2.39. The summed E-state index contributed by atoms with van der Waals surface area (Å²) in [5.41, 5.74) is 0. The van der Waals surface area contributed by atoms with E-state index >= 15 is 0 Å². The highest BCUT2D eigenvalue weighted by Crippen LogP contribution is 2.47. The topological polar surface area (TPSA) is 60.4 Å². The third kappa shape index (κ3) is 1.62. The van der Waals surface area contributed by atoms with Crippen molar-refractivity contribution in [1.29, 1.82) is 0 Å². The molecule has 1 aliphatic rings. The van der Waals surface area contributed by atoms with E-state index in [9.17, 15) is 9.46 Å². The maximum absolute atomic E-state index is 11.1. The molecular weight excluding hydrogens is 177 g/mol. The fraction of sp³-hybridized carbons (Fsp3) is 0.714. The molecule has 0 aliphatic carbocycles. The van der Waals surface area contributed by atoms with Crippen LogP contribution in [0, 0.1) is 0 Å². The van der Waals surface area contributed by atoms with E-state index in [1.165, 1.54) is 0 Å². The number of rotatable bonds is 3. The third-order valence-corrected chi connectivity index (χ3v) is 4.04. The van der Waals surface area contributed by atoms with E-state index in [1.54, 1.807) is 6.08 Å². The van der Waals surface area contributed by atoms with E-state index in [4.69, 9.17) is 4.89 Å². The summed E-state index contributed by atoms with van der Waals surface area (Å²) in [4.78, 5) is 20.1. The average molecular weight is 191 g/mol. The number of likely N-dealkylation sites (tertiary alicyclic amines) is 1. The van der Waals surface area contributed by atoms with Crippen molar-refractivity contribution in [2.75, 3.05) is 19.6 Å². The quantitative estimate of drug-likeness (QED) is 0.513. The van der Waals surface area contributed by atoms with Crippen LogP contribution in [0.15, 0.2) is 12.7 Å². The molecule has 1 rings (SSSR count). The summed E-state index contributed by atoms with van der Waals surface area (Å²) in [5, 5.41) is 0. The van der Waals surface area contributed by atoms with Gasteiger partial charge in [0.25, 0.3) is 0 Å². The lowest BCUT2D eigenvalue weighted by molar-refractivity contribution is -0.817. The highest BCUT2D eigenvalue weighted by molar-refractivity contribution is 7.43. The molecule has 0 radical (unpaired) electrons. The van der Waals surface area contributed by atoms with Crippen LogP contribution in [0.3, 0.4) is 0 Å².